The van der Waals surface area contributed by atoms with Crippen molar-refractivity contribution < 1.29 is 14.7 Å². The summed E-state index contributed by atoms with van der Waals surface area (Å²) in [6.45, 7) is 5.30. The number of nitrogens with one attached hydrogen (secondary N) is 1. The first-order valence-corrected chi connectivity index (χ1v) is 7.86. The average molecular weight is 297 g/mol. The Morgan fingerprint density at radius 2 is 2.00 bits per heavy atom. The van der Waals surface area contributed by atoms with Crippen LogP contribution in [0.1, 0.15) is 46.0 Å². The van der Waals surface area contributed by atoms with Gasteiger partial charge in [-0.2, -0.15) is 0 Å². The molecule has 6 nitrogen and oxygen atoms in total. The number of hydrogen-bond acceptors (Lipinski definition) is 3. The number of carboxylic acid groups (broad SMARTS) is 1. The van der Waals surface area contributed by atoms with Gasteiger partial charge in [0, 0.05) is 25.2 Å². The van der Waals surface area contributed by atoms with Crippen molar-refractivity contribution in [2.24, 2.45) is 0 Å². The molecule has 21 heavy (non-hydrogen) atoms. The zero-order valence-electron chi connectivity index (χ0n) is 13.3. The highest BCUT2D eigenvalue weighted by Gasteiger charge is 2.44. The summed E-state index contributed by atoms with van der Waals surface area (Å²) in [5, 5.41) is 12.5. The van der Waals surface area contributed by atoms with Crippen LogP contribution in [0.3, 0.4) is 0 Å². The van der Waals surface area contributed by atoms with Gasteiger partial charge >= 0.3 is 12.0 Å². The highest BCUT2D eigenvalue weighted by atomic mass is 16.4. The fraction of sp³-hybridized carbons (Fsp3) is 0.867. The maximum Gasteiger partial charge on any atom is 0.329 e. The Morgan fingerprint density at radius 1 is 1.29 bits per heavy atom. The van der Waals surface area contributed by atoms with Gasteiger partial charge in [0.05, 0.1) is 0 Å². The van der Waals surface area contributed by atoms with Gasteiger partial charge in [0.1, 0.15) is 5.54 Å². The van der Waals surface area contributed by atoms with Crippen molar-refractivity contribution in [2.45, 2.75) is 63.6 Å². The van der Waals surface area contributed by atoms with Crippen LogP contribution in [0.5, 0.6) is 0 Å². The van der Waals surface area contributed by atoms with Gasteiger partial charge < -0.3 is 20.2 Å². The lowest BCUT2D eigenvalue weighted by atomic mass is 9.88. The van der Waals surface area contributed by atoms with Crippen LogP contribution in [-0.4, -0.2) is 64.7 Å². The molecule has 0 aromatic heterocycles. The number of nitrogens with zero attached hydrogens (tertiary/aromatic N) is 2. The molecule has 0 spiro atoms. The van der Waals surface area contributed by atoms with Crippen molar-refractivity contribution in [2.75, 3.05) is 20.1 Å². The van der Waals surface area contributed by atoms with Crippen molar-refractivity contribution in [3.63, 3.8) is 0 Å². The second kappa shape index (κ2) is 6.22. The van der Waals surface area contributed by atoms with Crippen molar-refractivity contribution in [3.8, 4) is 0 Å². The lowest BCUT2D eigenvalue weighted by Gasteiger charge is -2.43. The van der Waals surface area contributed by atoms with Crippen molar-refractivity contribution in [1.29, 1.82) is 0 Å². The third-order valence-corrected chi connectivity index (χ3v) is 5.13. The summed E-state index contributed by atoms with van der Waals surface area (Å²) in [6, 6.07) is 0.362. The molecule has 0 bridgehead atoms. The summed E-state index contributed by atoms with van der Waals surface area (Å²) in [4.78, 5) is 27.9. The van der Waals surface area contributed by atoms with Crippen LogP contribution < -0.4 is 5.32 Å². The predicted octanol–water partition coefficient (Wildman–Crippen LogP) is 1.51. The number of carboxylic acids is 1. The van der Waals surface area contributed by atoms with E-state index in [2.05, 4.69) is 24.2 Å². The third-order valence-electron chi connectivity index (χ3n) is 5.13. The van der Waals surface area contributed by atoms with E-state index in [1.807, 2.05) is 0 Å². The molecular formula is C15H27N3O3. The SMILES string of the molecule is CC1CC(NC(=O)N2CCCCC2(C)C(=O)O)CCN1C. The highest BCUT2D eigenvalue weighted by molar-refractivity contribution is 5.86. The summed E-state index contributed by atoms with van der Waals surface area (Å²) >= 11 is 0. The maximum atomic E-state index is 12.5. The van der Waals surface area contributed by atoms with Crippen LogP contribution in [0, 0.1) is 0 Å². The molecule has 0 aromatic carbocycles. The predicted molar refractivity (Wildman–Crippen MR) is 80.2 cm³/mol. The molecule has 3 atom stereocenters. The van der Waals surface area contributed by atoms with E-state index in [0.29, 0.717) is 19.0 Å². The molecule has 2 aliphatic rings. The minimum atomic E-state index is -1.07. The first kappa shape index (κ1) is 16.1. The van der Waals surface area contributed by atoms with Gasteiger partial charge in [0.25, 0.3) is 0 Å². The minimum Gasteiger partial charge on any atom is -0.480 e. The van der Waals surface area contributed by atoms with E-state index in [4.69, 9.17) is 0 Å². The average Bonchev–Trinajstić information content (AvgIpc) is 2.43. The van der Waals surface area contributed by atoms with Crippen LogP contribution in [0.2, 0.25) is 0 Å². The van der Waals surface area contributed by atoms with Crippen molar-refractivity contribution in [1.82, 2.24) is 15.1 Å². The standard InChI is InChI=1S/C15H27N3O3/c1-11-10-12(6-9-17(11)3)16-14(21)18-8-5-4-7-15(18,2)13(19)20/h11-12H,4-10H2,1-3H3,(H,16,21)(H,19,20). The molecule has 0 saturated carbocycles. The van der Waals surface area contributed by atoms with Gasteiger partial charge in [-0.25, -0.2) is 9.59 Å². The van der Waals surface area contributed by atoms with Gasteiger partial charge in [-0.15, -0.1) is 0 Å². The Morgan fingerprint density at radius 3 is 2.62 bits per heavy atom. The van der Waals surface area contributed by atoms with E-state index in [1.165, 1.54) is 4.90 Å². The number of urea groups is 1. The van der Waals surface area contributed by atoms with Gasteiger partial charge in [-0.1, -0.05) is 0 Å². The minimum absolute atomic E-state index is 0.142. The van der Waals surface area contributed by atoms with Crippen LogP contribution in [0.15, 0.2) is 0 Å². The molecular weight excluding hydrogens is 270 g/mol. The van der Waals surface area contributed by atoms with E-state index >= 15 is 0 Å². The summed E-state index contributed by atoms with van der Waals surface area (Å²) in [7, 11) is 2.09. The topological polar surface area (TPSA) is 72.9 Å². The van der Waals surface area contributed by atoms with Gasteiger partial charge in [0.2, 0.25) is 0 Å². The quantitative estimate of drug-likeness (QED) is 0.810. The molecule has 2 rings (SSSR count). The normalized spacial score (nSPS) is 34.5. The fourth-order valence-electron chi connectivity index (χ4n) is 3.34. The number of carbonyl (C=O) groups excluding carboxylic acids is 1. The lowest BCUT2D eigenvalue weighted by Crippen LogP contribution is -2.61. The second-order valence-electron chi connectivity index (χ2n) is 6.69. The summed E-state index contributed by atoms with van der Waals surface area (Å²) in [6.07, 6.45) is 4.10. The van der Waals surface area contributed by atoms with Crippen LogP contribution in [0.4, 0.5) is 4.79 Å². The third kappa shape index (κ3) is 3.31. The molecule has 2 amide bonds. The Bertz CT molecular complexity index is 415. The first-order valence-electron chi connectivity index (χ1n) is 7.86. The Labute approximate surface area is 126 Å². The van der Waals surface area contributed by atoms with E-state index in [9.17, 15) is 14.7 Å². The fourth-order valence-corrected chi connectivity index (χ4v) is 3.34. The number of piperidine rings is 2. The molecule has 3 unspecified atom stereocenters. The number of hydrogen-bond donors (Lipinski definition) is 2. The largest absolute Gasteiger partial charge is 0.480 e. The first-order chi connectivity index (χ1) is 9.84. The molecule has 120 valence electrons. The molecule has 2 heterocycles. The molecule has 2 aliphatic heterocycles. The van der Waals surface area contributed by atoms with Gasteiger partial charge in [-0.05, 0) is 53.0 Å². The Balaban J connectivity index is 2.00. The molecule has 2 N–H and O–H groups in total. The van der Waals surface area contributed by atoms with Crippen LogP contribution in [-0.2, 0) is 4.79 Å². The Kier molecular flexibility index (Phi) is 4.76. The summed E-state index contributed by atoms with van der Waals surface area (Å²) < 4.78 is 0. The number of rotatable bonds is 2. The maximum absolute atomic E-state index is 12.5. The summed E-state index contributed by atoms with van der Waals surface area (Å²) in [5.74, 6) is -0.908. The van der Waals surface area contributed by atoms with Crippen molar-refractivity contribution in [3.05, 3.63) is 0 Å². The molecule has 0 aliphatic carbocycles. The molecule has 6 heteroatoms. The van der Waals surface area contributed by atoms with E-state index in [0.717, 1.165) is 32.2 Å². The lowest BCUT2D eigenvalue weighted by molar-refractivity contribution is -0.150. The molecule has 2 fully saturated rings. The highest BCUT2D eigenvalue weighted by Crippen LogP contribution is 2.28. The van der Waals surface area contributed by atoms with Gasteiger partial charge in [0.15, 0.2) is 0 Å². The van der Waals surface area contributed by atoms with E-state index in [1.54, 1.807) is 6.92 Å². The number of likely N-dealkylation sites (tertiary alicyclic amines) is 2. The van der Waals surface area contributed by atoms with Crippen LogP contribution >= 0.6 is 0 Å². The zero-order chi connectivity index (χ0) is 15.6. The number of aliphatic carboxylic acids is 1. The Hall–Kier alpha value is -1.30. The van der Waals surface area contributed by atoms with Crippen molar-refractivity contribution >= 4 is 12.0 Å². The molecule has 0 aromatic rings. The monoisotopic (exact) mass is 297 g/mol. The van der Waals surface area contributed by atoms with Crippen LogP contribution in [0.25, 0.3) is 0 Å². The van der Waals surface area contributed by atoms with Gasteiger partial charge in [-0.3, -0.25) is 0 Å². The summed E-state index contributed by atoms with van der Waals surface area (Å²) in [5.41, 5.74) is -1.07. The zero-order valence-corrected chi connectivity index (χ0v) is 13.3. The van der Waals surface area contributed by atoms with E-state index < -0.39 is 11.5 Å². The second-order valence-corrected chi connectivity index (χ2v) is 6.69. The smallest absolute Gasteiger partial charge is 0.329 e. The number of carbonyl (C=O) groups is 2. The molecule has 0 radical (unpaired) electrons. The number of amides is 2. The van der Waals surface area contributed by atoms with E-state index in [-0.39, 0.29) is 12.1 Å². The molecule has 2 saturated heterocycles.